The summed E-state index contributed by atoms with van der Waals surface area (Å²) in [5.41, 5.74) is 4.89. The minimum absolute atomic E-state index is 0.0228. The van der Waals surface area contributed by atoms with Gasteiger partial charge in [-0.25, -0.2) is 0 Å². The first-order chi connectivity index (χ1) is 14.9. The molecule has 4 rings (SSSR count). The molecular formula is C26H26N2O3. The fourth-order valence-electron chi connectivity index (χ4n) is 3.67. The zero-order valence-electron chi connectivity index (χ0n) is 18.0. The third kappa shape index (κ3) is 4.61. The number of hydrogen-bond donors (Lipinski definition) is 1. The largest absolute Gasteiger partial charge is 0.457 e. The lowest BCUT2D eigenvalue weighted by Crippen LogP contribution is -2.28. The fraction of sp³-hybridized carbons (Fsp3) is 0.231. The first kappa shape index (κ1) is 20.7. The van der Waals surface area contributed by atoms with E-state index >= 15 is 0 Å². The molecule has 1 aliphatic heterocycles. The molecular weight excluding hydrogens is 388 g/mol. The summed E-state index contributed by atoms with van der Waals surface area (Å²) in [5.74, 6) is 0.953. The zero-order chi connectivity index (χ0) is 22.0. The second-order valence-corrected chi connectivity index (χ2v) is 8.06. The van der Waals surface area contributed by atoms with Crippen LogP contribution in [0.4, 0.5) is 11.4 Å². The van der Waals surface area contributed by atoms with Crippen LogP contribution in [0.1, 0.15) is 23.1 Å². The van der Waals surface area contributed by atoms with Crippen LogP contribution in [0.15, 0.2) is 66.7 Å². The van der Waals surface area contributed by atoms with Gasteiger partial charge in [0, 0.05) is 24.3 Å². The Morgan fingerprint density at radius 2 is 1.68 bits per heavy atom. The molecule has 1 aliphatic rings. The van der Waals surface area contributed by atoms with Crippen LogP contribution < -0.4 is 15.0 Å². The number of nitrogens with one attached hydrogen (secondary N) is 1. The van der Waals surface area contributed by atoms with Gasteiger partial charge in [-0.3, -0.25) is 9.59 Å². The van der Waals surface area contributed by atoms with Gasteiger partial charge < -0.3 is 15.0 Å². The first-order valence-electron chi connectivity index (χ1n) is 10.4. The van der Waals surface area contributed by atoms with Crippen molar-refractivity contribution in [3.8, 4) is 11.5 Å². The Morgan fingerprint density at radius 1 is 0.935 bits per heavy atom. The van der Waals surface area contributed by atoms with Gasteiger partial charge in [-0.2, -0.15) is 0 Å². The van der Waals surface area contributed by atoms with Gasteiger partial charge in [-0.15, -0.1) is 0 Å². The van der Waals surface area contributed by atoms with Crippen molar-refractivity contribution in [1.82, 2.24) is 0 Å². The van der Waals surface area contributed by atoms with E-state index in [0.717, 1.165) is 22.6 Å². The van der Waals surface area contributed by atoms with E-state index in [-0.39, 0.29) is 24.2 Å². The number of aryl methyl sites for hydroxylation is 3. The van der Waals surface area contributed by atoms with Crippen LogP contribution in [0.25, 0.3) is 0 Å². The monoisotopic (exact) mass is 414 g/mol. The highest BCUT2D eigenvalue weighted by Crippen LogP contribution is 2.29. The van der Waals surface area contributed by atoms with Crippen molar-refractivity contribution < 1.29 is 14.3 Å². The molecule has 1 fully saturated rings. The van der Waals surface area contributed by atoms with Gasteiger partial charge in [0.2, 0.25) is 11.8 Å². The van der Waals surface area contributed by atoms with Gasteiger partial charge in [-0.05, 0) is 79.9 Å². The average molecular weight is 415 g/mol. The van der Waals surface area contributed by atoms with Gasteiger partial charge >= 0.3 is 0 Å². The Morgan fingerprint density at radius 3 is 2.39 bits per heavy atom. The van der Waals surface area contributed by atoms with Gasteiger partial charge in [0.1, 0.15) is 11.5 Å². The Kier molecular flexibility index (Phi) is 5.76. The van der Waals surface area contributed by atoms with E-state index < -0.39 is 0 Å². The molecule has 3 aromatic rings. The molecule has 1 saturated heterocycles. The van der Waals surface area contributed by atoms with Gasteiger partial charge in [-0.1, -0.05) is 24.3 Å². The lowest BCUT2D eigenvalue weighted by Gasteiger charge is -2.18. The maximum Gasteiger partial charge on any atom is 0.229 e. The Bertz CT molecular complexity index is 1120. The number of carbonyl (C=O) groups is 2. The molecule has 0 radical (unpaired) electrons. The molecule has 5 nitrogen and oxygen atoms in total. The van der Waals surface area contributed by atoms with Crippen molar-refractivity contribution in [2.24, 2.45) is 5.92 Å². The number of hydrogen-bond acceptors (Lipinski definition) is 3. The highest BCUT2D eigenvalue weighted by atomic mass is 16.5. The number of amides is 2. The van der Waals surface area contributed by atoms with E-state index in [4.69, 9.17) is 4.74 Å². The van der Waals surface area contributed by atoms with Crippen LogP contribution in [-0.4, -0.2) is 18.4 Å². The highest BCUT2D eigenvalue weighted by Gasteiger charge is 2.35. The SMILES string of the molecule is Cc1ccc(N2C[C@H](C(=O)Nc3ccc(Oc4ccccc4C)cc3)CC2=O)cc1C. The summed E-state index contributed by atoms with van der Waals surface area (Å²) in [5, 5.41) is 2.93. The van der Waals surface area contributed by atoms with Crippen LogP contribution in [0.3, 0.4) is 0 Å². The summed E-state index contributed by atoms with van der Waals surface area (Å²) < 4.78 is 5.90. The number of carbonyl (C=O) groups excluding carboxylic acids is 2. The molecule has 1 N–H and O–H groups in total. The van der Waals surface area contributed by atoms with Gasteiger partial charge in [0.25, 0.3) is 0 Å². The molecule has 0 spiro atoms. The fourth-order valence-corrected chi connectivity index (χ4v) is 3.67. The molecule has 0 aromatic heterocycles. The van der Waals surface area contributed by atoms with E-state index in [1.54, 1.807) is 4.90 Å². The smallest absolute Gasteiger partial charge is 0.229 e. The Labute approximate surface area is 182 Å². The van der Waals surface area contributed by atoms with E-state index in [1.165, 1.54) is 5.56 Å². The van der Waals surface area contributed by atoms with Crippen molar-refractivity contribution in [1.29, 1.82) is 0 Å². The summed E-state index contributed by atoms with van der Waals surface area (Å²) in [6, 6.07) is 21.0. The standard InChI is InChI=1S/C26H26N2O3/c1-17-8-11-22(14-19(17)3)28-16-20(15-25(28)29)26(30)27-21-9-12-23(13-10-21)31-24-7-5-4-6-18(24)2/h4-14,20H,15-16H2,1-3H3,(H,27,30)/t20-/m1/s1. The topological polar surface area (TPSA) is 58.6 Å². The number of benzene rings is 3. The van der Waals surface area contributed by atoms with Gasteiger partial charge in [0.05, 0.1) is 5.92 Å². The molecule has 5 heteroatoms. The highest BCUT2D eigenvalue weighted by molar-refractivity contribution is 6.03. The van der Waals surface area contributed by atoms with E-state index in [1.807, 2.05) is 87.5 Å². The third-order valence-corrected chi connectivity index (χ3v) is 5.74. The molecule has 3 aromatic carbocycles. The molecule has 0 saturated carbocycles. The summed E-state index contributed by atoms with van der Waals surface area (Å²) in [6.45, 7) is 6.45. The molecule has 0 bridgehead atoms. The Balaban J connectivity index is 1.38. The second kappa shape index (κ2) is 8.64. The minimum atomic E-state index is -0.378. The minimum Gasteiger partial charge on any atom is -0.457 e. The van der Waals surface area contributed by atoms with E-state index in [2.05, 4.69) is 5.32 Å². The normalized spacial score (nSPS) is 15.8. The van der Waals surface area contributed by atoms with Crippen LogP contribution in [0, 0.1) is 26.7 Å². The van der Waals surface area contributed by atoms with Crippen molar-refractivity contribution in [2.75, 3.05) is 16.8 Å². The Hall–Kier alpha value is -3.60. The van der Waals surface area contributed by atoms with Crippen LogP contribution >= 0.6 is 0 Å². The van der Waals surface area contributed by atoms with E-state index in [9.17, 15) is 9.59 Å². The van der Waals surface area contributed by atoms with Gasteiger partial charge in [0.15, 0.2) is 0 Å². The molecule has 2 amide bonds. The number of ether oxygens (including phenoxy) is 1. The maximum atomic E-state index is 12.8. The second-order valence-electron chi connectivity index (χ2n) is 8.06. The maximum absolute atomic E-state index is 12.8. The molecule has 158 valence electrons. The van der Waals surface area contributed by atoms with Crippen molar-refractivity contribution in [3.05, 3.63) is 83.4 Å². The zero-order valence-corrected chi connectivity index (χ0v) is 18.0. The average Bonchev–Trinajstić information content (AvgIpc) is 3.15. The molecule has 0 aliphatic carbocycles. The quantitative estimate of drug-likeness (QED) is 0.608. The predicted molar refractivity (Wildman–Crippen MR) is 123 cm³/mol. The molecule has 31 heavy (non-hydrogen) atoms. The molecule has 1 heterocycles. The lowest BCUT2D eigenvalue weighted by molar-refractivity contribution is -0.122. The summed E-state index contributed by atoms with van der Waals surface area (Å²) in [4.78, 5) is 27.0. The van der Waals surface area contributed by atoms with Crippen molar-refractivity contribution in [3.63, 3.8) is 0 Å². The molecule has 0 unspecified atom stereocenters. The number of para-hydroxylation sites is 1. The summed E-state index contributed by atoms with van der Waals surface area (Å²) in [7, 11) is 0. The third-order valence-electron chi connectivity index (χ3n) is 5.74. The van der Waals surface area contributed by atoms with E-state index in [0.29, 0.717) is 18.0 Å². The van der Waals surface area contributed by atoms with Crippen LogP contribution in [-0.2, 0) is 9.59 Å². The lowest BCUT2D eigenvalue weighted by atomic mass is 10.1. The van der Waals surface area contributed by atoms with Crippen LogP contribution in [0.2, 0.25) is 0 Å². The van der Waals surface area contributed by atoms with Crippen molar-refractivity contribution in [2.45, 2.75) is 27.2 Å². The summed E-state index contributed by atoms with van der Waals surface area (Å²) in [6.07, 6.45) is 0.216. The number of rotatable bonds is 5. The van der Waals surface area contributed by atoms with Crippen LogP contribution in [0.5, 0.6) is 11.5 Å². The predicted octanol–water partition coefficient (Wildman–Crippen LogP) is 5.40. The molecule has 1 atom stereocenters. The number of nitrogens with zero attached hydrogens (tertiary/aromatic N) is 1. The summed E-state index contributed by atoms with van der Waals surface area (Å²) >= 11 is 0. The van der Waals surface area contributed by atoms with Crippen molar-refractivity contribution >= 4 is 23.2 Å². The number of anilines is 2. The first-order valence-corrected chi connectivity index (χ1v) is 10.4.